The van der Waals surface area contributed by atoms with Crippen molar-refractivity contribution in [2.24, 2.45) is 0 Å². The van der Waals surface area contributed by atoms with E-state index in [9.17, 15) is 9.59 Å². The van der Waals surface area contributed by atoms with Gasteiger partial charge in [-0.25, -0.2) is 4.98 Å². The van der Waals surface area contributed by atoms with Gasteiger partial charge in [0.05, 0.1) is 24.4 Å². The first-order chi connectivity index (χ1) is 12.8. The van der Waals surface area contributed by atoms with Gasteiger partial charge in [0.25, 0.3) is 5.91 Å². The van der Waals surface area contributed by atoms with Crippen LogP contribution in [0.1, 0.15) is 20.8 Å². The first-order valence-electron chi connectivity index (χ1n) is 8.31. The van der Waals surface area contributed by atoms with Crippen molar-refractivity contribution in [1.82, 2.24) is 20.1 Å². The molecule has 1 aliphatic heterocycles. The minimum Gasteiger partial charge on any atom is -0.378 e. The summed E-state index contributed by atoms with van der Waals surface area (Å²) in [6, 6.07) is 10.6. The number of nitrogens with zero attached hydrogens (tertiary/aromatic N) is 4. The summed E-state index contributed by atoms with van der Waals surface area (Å²) in [7, 11) is 0. The van der Waals surface area contributed by atoms with E-state index >= 15 is 0 Å². The van der Waals surface area contributed by atoms with Crippen LogP contribution in [0.15, 0.2) is 42.6 Å². The number of morpholine rings is 1. The van der Waals surface area contributed by atoms with Crippen LogP contribution in [-0.4, -0.2) is 58.6 Å². The van der Waals surface area contributed by atoms with Crippen molar-refractivity contribution >= 4 is 23.1 Å². The Labute approximate surface area is 149 Å². The fraction of sp³-hybridized carbons (Fsp3) is 0.211. The lowest BCUT2D eigenvalue weighted by Gasteiger charge is -2.27. The van der Waals surface area contributed by atoms with Gasteiger partial charge in [0.1, 0.15) is 5.69 Å². The Balaban J connectivity index is 1.84. The highest BCUT2D eigenvalue weighted by atomic mass is 16.5. The maximum Gasteiger partial charge on any atom is 0.254 e. The fourth-order valence-electron chi connectivity index (χ4n) is 3.05. The highest BCUT2D eigenvalue weighted by molar-refractivity contribution is 6.02. The van der Waals surface area contributed by atoms with E-state index in [0.29, 0.717) is 55.1 Å². The lowest BCUT2D eigenvalue weighted by molar-refractivity contribution is 0.0303. The molecule has 2 aromatic heterocycles. The van der Waals surface area contributed by atoms with E-state index in [-0.39, 0.29) is 5.91 Å². The van der Waals surface area contributed by atoms with Crippen LogP contribution in [0.4, 0.5) is 0 Å². The molecule has 1 aliphatic rings. The van der Waals surface area contributed by atoms with Crippen molar-refractivity contribution in [3.8, 4) is 11.3 Å². The third-order valence-electron chi connectivity index (χ3n) is 4.34. The second-order valence-corrected chi connectivity index (χ2v) is 5.96. The smallest absolute Gasteiger partial charge is 0.254 e. The number of ether oxygens (including phenoxy) is 1. The topological polar surface area (TPSA) is 85.3 Å². The second kappa shape index (κ2) is 6.97. The van der Waals surface area contributed by atoms with E-state index in [0.717, 1.165) is 10.9 Å². The van der Waals surface area contributed by atoms with Crippen LogP contribution in [0.5, 0.6) is 0 Å². The van der Waals surface area contributed by atoms with Crippen LogP contribution in [0.3, 0.4) is 0 Å². The molecule has 7 heteroatoms. The van der Waals surface area contributed by atoms with Gasteiger partial charge in [-0.15, -0.1) is 0 Å². The van der Waals surface area contributed by atoms with Crippen LogP contribution < -0.4 is 0 Å². The Morgan fingerprint density at radius 1 is 1.15 bits per heavy atom. The van der Waals surface area contributed by atoms with E-state index in [2.05, 4.69) is 15.2 Å². The average molecular weight is 348 g/mol. The van der Waals surface area contributed by atoms with Gasteiger partial charge in [0.2, 0.25) is 0 Å². The van der Waals surface area contributed by atoms with Crippen LogP contribution in [0.2, 0.25) is 0 Å². The number of pyridine rings is 1. The second-order valence-electron chi connectivity index (χ2n) is 5.96. The highest BCUT2D eigenvalue weighted by Gasteiger charge is 2.19. The molecule has 1 saturated heterocycles. The third-order valence-corrected chi connectivity index (χ3v) is 4.34. The average Bonchev–Trinajstić information content (AvgIpc) is 2.73. The number of hydrogen-bond donors (Lipinski definition) is 0. The molecule has 3 aromatic rings. The third kappa shape index (κ3) is 3.04. The monoisotopic (exact) mass is 348 g/mol. The van der Waals surface area contributed by atoms with Gasteiger partial charge in [-0.3, -0.25) is 9.59 Å². The largest absolute Gasteiger partial charge is 0.378 e. The summed E-state index contributed by atoms with van der Waals surface area (Å²) in [6.07, 6.45) is 2.28. The Kier molecular flexibility index (Phi) is 4.37. The number of fused-ring (bicyclic) bond motifs is 1. The van der Waals surface area contributed by atoms with Crippen LogP contribution in [0.25, 0.3) is 22.2 Å². The van der Waals surface area contributed by atoms with Gasteiger partial charge in [-0.2, -0.15) is 10.2 Å². The lowest BCUT2D eigenvalue weighted by atomic mass is 10.0. The number of aromatic nitrogens is 3. The number of aldehydes is 1. The highest BCUT2D eigenvalue weighted by Crippen LogP contribution is 2.28. The van der Waals surface area contributed by atoms with Crippen molar-refractivity contribution in [2.45, 2.75) is 0 Å². The number of carbonyl (C=O) groups is 2. The molecule has 0 spiro atoms. The van der Waals surface area contributed by atoms with Crippen LogP contribution in [-0.2, 0) is 4.74 Å². The van der Waals surface area contributed by atoms with Crippen molar-refractivity contribution in [3.05, 3.63) is 53.9 Å². The van der Waals surface area contributed by atoms with Gasteiger partial charge in [0, 0.05) is 35.8 Å². The van der Waals surface area contributed by atoms with Gasteiger partial charge in [-0.05, 0) is 36.4 Å². The minimum absolute atomic E-state index is 0.0419. The Bertz CT molecular complexity index is 969. The molecule has 0 unspecified atom stereocenters. The van der Waals surface area contributed by atoms with Crippen LogP contribution >= 0.6 is 0 Å². The van der Waals surface area contributed by atoms with E-state index in [1.54, 1.807) is 41.4 Å². The first-order valence-corrected chi connectivity index (χ1v) is 8.31. The summed E-state index contributed by atoms with van der Waals surface area (Å²) in [4.78, 5) is 30.1. The maximum absolute atomic E-state index is 12.8. The molecule has 0 radical (unpaired) electrons. The number of benzene rings is 1. The van der Waals surface area contributed by atoms with Crippen molar-refractivity contribution in [2.75, 3.05) is 26.3 Å². The summed E-state index contributed by atoms with van der Waals surface area (Å²) < 4.78 is 5.31. The van der Waals surface area contributed by atoms with Gasteiger partial charge >= 0.3 is 0 Å². The number of carbonyl (C=O) groups excluding carboxylic acids is 2. The summed E-state index contributed by atoms with van der Waals surface area (Å²) in [6.45, 7) is 2.26. The first kappa shape index (κ1) is 16.3. The SMILES string of the molecule is O=Cc1cc(-c2cccnn2)c2cc(C(=O)N3CCOCC3)ccc2n1. The predicted octanol–water partition coefficient (Wildman–Crippen LogP) is 1.98. The maximum atomic E-state index is 12.8. The quantitative estimate of drug-likeness (QED) is 0.673. The zero-order chi connectivity index (χ0) is 17.9. The number of hydrogen-bond acceptors (Lipinski definition) is 6. The molecule has 26 heavy (non-hydrogen) atoms. The van der Waals surface area contributed by atoms with Crippen LogP contribution in [0, 0.1) is 0 Å². The minimum atomic E-state index is -0.0419. The molecular formula is C19H16N4O3. The summed E-state index contributed by atoms with van der Waals surface area (Å²) >= 11 is 0. The molecular weight excluding hydrogens is 332 g/mol. The van der Waals surface area contributed by atoms with E-state index < -0.39 is 0 Å². The molecule has 1 amide bonds. The molecule has 4 rings (SSSR count). The summed E-state index contributed by atoms with van der Waals surface area (Å²) in [5, 5.41) is 8.80. The van der Waals surface area contributed by atoms with Gasteiger partial charge in [0.15, 0.2) is 6.29 Å². The summed E-state index contributed by atoms with van der Waals surface area (Å²) in [5.41, 5.74) is 2.87. The molecule has 0 bridgehead atoms. The molecule has 1 aromatic carbocycles. The van der Waals surface area contributed by atoms with Crippen molar-refractivity contribution in [1.29, 1.82) is 0 Å². The molecule has 130 valence electrons. The molecule has 0 atom stereocenters. The summed E-state index contributed by atoms with van der Waals surface area (Å²) in [5.74, 6) is -0.0419. The standard InChI is InChI=1S/C19H16N4O3/c24-12-14-11-16(18-2-1-5-20-22-18)15-10-13(3-4-17(15)21-14)19(25)23-6-8-26-9-7-23/h1-5,10-12H,6-9H2. The van der Waals surface area contributed by atoms with Gasteiger partial charge in [-0.1, -0.05) is 0 Å². The Morgan fingerprint density at radius 3 is 2.73 bits per heavy atom. The zero-order valence-corrected chi connectivity index (χ0v) is 14.0. The molecule has 0 saturated carbocycles. The predicted molar refractivity (Wildman–Crippen MR) is 94.9 cm³/mol. The Morgan fingerprint density at radius 2 is 2.00 bits per heavy atom. The van der Waals surface area contributed by atoms with E-state index in [1.165, 1.54) is 0 Å². The fourth-order valence-corrected chi connectivity index (χ4v) is 3.05. The van der Waals surface area contributed by atoms with E-state index in [4.69, 9.17) is 4.74 Å². The zero-order valence-electron chi connectivity index (χ0n) is 14.0. The van der Waals surface area contributed by atoms with E-state index in [1.807, 2.05) is 6.07 Å². The molecule has 3 heterocycles. The van der Waals surface area contributed by atoms with Crippen molar-refractivity contribution in [3.63, 3.8) is 0 Å². The Hall–Kier alpha value is -3.19. The lowest BCUT2D eigenvalue weighted by Crippen LogP contribution is -2.40. The molecule has 1 fully saturated rings. The molecule has 0 N–H and O–H groups in total. The molecule has 7 nitrogen and oxygen atoms in total. The molecule has 0 aliphatic carbocycles. The normalized spacial score (nSPS) is 14.4. The number of rotatable bonds is 3. The van der Waals surface area contributed by atoms with Gasteiger partial charge < -0.3 is 9.64 Å². The number of amides is 1. The van der Waals surface area contributed by atoms with Crippen molar-refractivity contribution < 1.29 is 14.3 Å².